The highest BCUT2D eigenvalue weighted by Gasteiger charge is 2.37. The lowest BCUT2D eigenvalue weighted by atomic mass is 10.1. The van der Waals surface area contributed by atoms with Crippen molar-refractivity contribution in [1.29, 1.82) is 0 Å². The van der Waals surface area contributed by atoms with Crippen LogP contribution in [-0.4, -0.2) is 35.7 Å². The molecule has 3 heterocycles. The average molecular weight is 422 g/mol. The van der Waals surface area contributed by atoms with Gasteiger partial charge in [-0.1, -0.05) is 35.5 Å². The molecule has 1 saturated heterocycles. The Morgan fingerprint density at radius 1 is 1.07 bits per heavy atom. The Labute approximate surface area is 177 Å². The Kier molecular flexibility index (Phi) is 4.71. The fourth-order valence-corrected chi connectivity index (χ4v) is 4.45. The molecule has 0 N–H and O–H groups in total. The van der Waals surface area contributed by atoms with Crippen molar-refractivity contribution >= 4 is 40.6 Å². The Balaban J connectivity index is 1.50. The molecular formula is C22H18N2O5S. The first-order valence-electron chi connectivity index (χ1n) is 9.53. The number of aliphatic imine (C=N–C) groups is 1. The minimum absolute atomic E-state index is 0.186. The van der Waals surface area contributed by atoms with E-state index >= 15 is 0 Å². The highest BCUT2D eigenvalue weighted by Crippen LogP contribution is 2.36. The third-order valence-corrected chi connectivity index (χ3v) is 6.15. The standard InChI is InChI=1S/C22H18N2O5S/c1-13-2-5-15(6-3-13)24-20(25)16(23-22(24)30-19-8-9-27-21(19)26)10-14-4-7-17-18(11-14)29-12-28-17/h2-7,10-11,19H,8-9,12H2,1H3/b16-10+. The largest absolute Gasteiger partial charge is 0.465 e. The van der Waals surface area contributed by atoms with Crippen LogP contribution in [0.5, 0.6) is 11.5 Å². The maximum Gasteiger partial charge on any atom is 0.319 e. The molecule has 7 nitrogen and oxygen atoms in total. The number of hydrogen-bond acceptors (Lipinski definition) is 7. The quantitative estimate of drug-likeness (QED) is 0.556. The third kappa shape index (κ3) is 3.43. The van der Waals surface area contributed by atoms with E-state index in [0.717, 1.165) is 11.1 Å². The summed E-state index contributed by atoms with van der Waals surface area (Å²) < 4.78 is 15.8. The molecule has 0 aliphatic carbocycles. The number of cyclic esters (lactones) is 1. The summed E-state index contributed by atoms with van der Waals surface area (Å²) in [5.74, 6) is 0.797. The second kappa shape index (κ2) is 7.53. The van der Waals surface area contributed by atoms with Gasteiger partial charge in [-0.05, 0) is 42.8 Å². The van der Waals surface area contributed by atoms with Crippen LogP contribution in [0.25, 0.3) is 6.08 Å². The van der Waals surface area contributed by atoms with E-state index in [9.17, 15) is 9.59 Å². The van der Waals surface area contributed by atoms with E-state index in [1.165, 1.54) is 11.8 Å². The molecule has 0 radical (unpaired) electrons. The summed E-state index contributed by atoms with van der Waals surface area (Å²) in [5, 5.41) is 0.106. The molecule has 1 atom stereocenters. The Bertz CT molecular complexity index is 1090. The number of rotatable bonds is 3. The molecule has 152 valence electrons. The highest BCUT2D eigenvalue weighted by atomic mass is 32.2. The topological polar surface area (TPSA) is 77.4 Å². The minimum atomic E-state index is -0.366. The van der Waals surface area contributed by atoms with Crippen molar-refractivity contribution in [3.63, 3.8) is 0 Å². The van der Waals surface area contributed by atoms with Gasteiger partial charge in [0, 0.05) is 6.42 Å². The molecule has 0 aromatic heterocycles. The molecule has 30 heavy (non-hydrogen) atoms. The zero-order chi connectivity index (χ0) is 20.7. The summed E-state index contributed by atoms with van der Waals surface area (Å²) in [7, 11) is 0. The number of aryl methyl sites for hydroxylation is 1. The van der Waals surface area contributed by atoms with Crippen LogP contribution in [0.1, 0.15) is 17.5 Å². The predicted molar refractivity (Wildman–Crippen MR) is 114 cm³/mol. The molecule has 1 amide bonds. The fourth-order valence-electron chi connectivity index (χ4n) is 3.37. The Morgan fingerprint density at radius 2 is 1.87 bits per heavy atom. The van der Waals surface area contributed by atoms with Crippen molar-refractivity contribution in [2.75, 3.05) is 18.3 Å². The second-order valence-corrected chi connectivity index (χ2v) is 8.25. The number of hydrogen-bond donors (Lipinski definition) is 0. The second-order valence-electron chi connectivity index (χ2n) is 7.08. The van der Waals surface area contributed by atoms with Crippen LogP contribution in [0.2, 0.25) is 0 Å². The van der Waals surface area contributed by atoms with E-state index in [2.05, 4.69) is 4.99 Å². The van der Waals surface area contributed by atoms with Crippen LogP contribution in [0, 0.1) is 6.92 Å². The van der Waals surface area contributed by atoms with Gasteiger partial charge in [-0.15, -0.1) is 0 Å². The van der Waals surface area contributed by atoms with Crippen molar-refractivity contribution < 1.29 is 23.8 Å². The van der Waals surface area contributed by atoms with Crippen LogP contribution in [0.15, 0.2) is 53.2 Å². The molecule has 5 rings (SSSR count). The molecule has 1 unspecified atom stereocenters. The predicted octanol–water partition coefficient (Wildman–Crippen LogP) is 3.52. The zero-order valence-corrected chi connectivity index (χ0v) is 17.0. The van der Waals surface area contributed by atoms with Gasteiger partial charge >= 0.3 is 5.97 Å². The van der Waals surface area contributed by atoms with Gasteiger partial charge < -0.3 is 14.2 Å². The summed E-state index contributed by atoms with van der Waals surface area (Å²) in [6.07, 6.45) is 2.31. The fraction of sp³-hybridized carbons (Fsp3) is 0.227. The van der Waals surface area contributed by atoms with Crippen molar-refractivity contribution in [2.45, 2.75) is 18.6 Å². The monoisotopic (exact) mass is 422 g/mol. The van der Waals surface area contributed by atoms with Crippen LogP contribution in [-0.2, 0) is 14.3 Å². The number of esters is 1. The molecule has 8 heteroatoms. The molecule has 3 aliphatic heterocycles. The molecule has 2 aromatic carbocycles. The van der Waals surface area contributed by atoms with Crippen LogP contribution in [0.3, 0.4) is 0 Å². The van der Waals surface area contributed by atoms with E-state index in [-0.39, 0.29) is 23.9 Å². The van der Waals surface area contributed by atoms with Gasteiger partial charge in [-0.2, -0.15) is 0 Å². The maximum absolute atomic E-state index is 13.3. The first kappa shape index (κ1) is 18.7. The van der Waals surface area contributed by atoms with Gasteiger partial charge in [0.25, 0.3) is 5.91 Å². The number of ether oxygens (including phenoxy) is 3. The number of carbonyl (C=O) groups excluding carboxylic acids is 2. The van der Waals surface area contributed by atoms with E-state index in [4.69, 9.17) is 14.2 Å². The summed E-state index contributed by atoms with van der Waals surface area (Å²) in [6, 6.07) is 13.1. The van der Waals surface area contributed by atoms with Crippen LogP contribution in [0.4, 0.5) is 5.69 Å². The zero-order valence-electron chi connectivity index (χ0n) is 16.2. The van der Waals surface area contributed by atoms with Crippen molar-refractivity contribution in [3.05, 3.63) is 59.3 Å². The van der Waals surface area contributed by atoms with Crippen molar-refractivity contribution in [1.82, 2.24) is 0 Å². The smallest absolute Gasteiger partial charge is 0.319 e. The lowest BCUT2D eigenvalue weighted by molar-refractivity contribution is -0.137. The number of carbonyl (C=O) groups is 2. The Hall–Kier alpha value is -3.26. The number of anilines is 1. The molecule has 0 bridgehead atoms. The SMILES string of the molecule is Cc1ccc(N2C(=O)/C(=C\c3ccc4c(c3)OCO4)N=C2SC2CCOC2=O)cc1. The van der Waals surface area contributed by atoms with Gasteiger partial charge in [0.1, 0.15) is 10.9 Å². The van der Waals surface area contributed by atoms with Crippen molar-refractivity contribution in [2.24, 2.45) is 4.99 Å². The number of amidine groups is 1. The van der Waals surface area contributed by atoms with Gasteiger partial charge in [0.15, 0.2) is 16.7 Å². The molecular weight excluding hydrogens is 404 g/mol. The van der Waals surface area contributed by atoms with Gasteiger partial charge in [0.05, 0.1) is 12.3 Å². The van der Waals surface area contributed by atoms with Gasteiger partial charge in [-0.25, -0.2) is 4.99 Å². The summed E-state index contributed by atoms with van der Waals surface area (Å²) in [6.45, 7) is 2.56. The number of thioether (sulfide) groups is 1. The normalized spacial score (nSPS) is 21.4. The number of amides is 1. The average Bonchev–Trinajstić information content (AvgIpc) is 3.44. The first-order chi connectivity index (χ1) is 14.6. The molecule has 0 spiro atoms. The van der Waals surface area contributed by atoms with E-state index in [1.807, 2.05) is 43.3 Å². The van der Waals surface area contributed by atoms with Crippen LogP contribution >= 0.6 is 11.8 Å². The minimum Gasteiger partial charge on any atom is -0.465 e. The number of fused-ring (bicyclic) bond motifs is 1. The van der Waals surface area contributed by atoms with E-state index in [0.29, 0.717) is 41.1 Å². The third-order valence-electron chi connectivity index (χ3n) is 4.96. The summed E-state index contributed by atoms with van der Waals surface area (Å²) >= 11 is 1.26. The first-order valence-corrected chi connectivity index (χ1v) is 10.4. The number of benzene rings is 2. The van der Waals surface area contributed by atoms with Gasteiger partial charge in [-0.3, -0.25) is 14.5 Å². The molecule has 1 fully saturated rings. The number of nitrogens with zero attached hydrogens (tertiary/aromatic N) is 2. The van der Waals surface area contributed by atoms with Crippen molar-refractivity contribution in [3.8, 4) is 11.5 Å². The van der Waals surface area contributed by atoms with Crippen LogP contribution < -0.4 is 14.4 Å². The molecule has 3 aliphatic rings. The molecule has 2 aromatic rings. The Morgan fingerprint density at radius 3 is 2.63 bits per heavy atom. The van der Waals surface area contributed by atoms with E-state index in [1.54, 1.807) is 17.0 Å². The van der Waals surface area contributed by atoms with Gasteiger partial charge in [0.2, 0.25) is 6.79 Å². The maximum atomic E-state index is 13.3. The summed E-state index contributed by atoms with van der Waals surface area (Å²) in [5.41, 5.74) is 2.87. The molecule has 0 saturated carbocycles. The summed E-state index contributed by atoms with van der Waals surface area (Å²) in [4.78, 5) is 31.3. The lowest BCUT2D eigenvalue weighted by Gasteiger charge is -2.19. The highest BCUT2D eigenvalue weighted by molar-refractivity contribution is 8.15. The van der Waals surface area contributed by atoms with E-state index < -0.39 is 0 Å². The lowest BCUT2D eigenvalue weighted by Crippen LogP contribution is -2.32.